The molecule has 1 heterocycles. The lowest BCUT2D eigenvalue weighted by Crippen LogP contribution is -2.42. The lowest BCUT2D eigenvalue weighted by Gasteiger charge is -2.23. The van der Waals surface area contributed by atoms with Crippen LogP contribution in [0.1, 0.15) is 34.6 Å². The van der Waals surface area contributed by atoms with Crippen LogP contribution in [0.2, 0.25) is 0 Å². The monoisotopic (exact) mass is 442 g/mol. The molecule has 0 saturated carbocycles. The highest BCUT2D eigenvalue weighted by atomic mass is 16.8. The Balaban J connectivity index is 1.80. The number of benzene rings is 2. The van der Waals surface area contributed by atoms with Gasteiger partial charge in [-0.3, -0.25) is 9.59 Å². The molecule has 3 rings (SSSR count). The minimum absolute atomic E-state index is 0.255. The molecule has 0 unspecified atom stereocenters. The van der Waals surface area contributed by atoms with Crippen LogP contribution in [0.3, 0.4) is 0 Å². The van der Waals surface area contributed by atoms with E-state index in [0.717, 1.165) is 13.8 Å². The van der Waals surface area contributed by atoms with E-state index in [2.05, 4.69) is 0 Å². The highest BCUT2D eigenvalue weighted by molar-refractivity contribution is 5.90. The fourth-order valence-corrected chi connectivity index (χ4v) is 3.12. The van der Waals surface area contributed by atoms with Gasteiger partial charge in [0.2, 0.25) is 12.4 Å². The van der Waals surface area contributed by atoms with Crippen molar-refractivity contribution in [3.63, 3.8) is 0 Å². The van der Waals surface area contributed by atoms with Gasteiger partial charge in [-0.2, -0.15) is 0 Å². The fourth-order valence-electron chi connectivity index (χ4n) is 3.12. The topological polar surface area (TPSA) is 114 Å². The van der Waals surface area contributed by atoms with E-state index >= 15 is 0 Å². The molecule has 1 aliphatic heterocycles. The Morgan fingerprint density at radius 1 is 0.719 bits per heavy atom. The number of rotatable bonds is 7. The highest BCUT2D eigenvalue weighted by Crippen LogP contribution is 2.29. The van der Waals surface area contributed by atoms with Crippen LogP contribution in [0, 0.1) is 0 Å². The zero-order valence-corrected chi connectivity index (χ0v) is 17.5. The second-order valence-electron chi connectivity index (χ2n) is 6.93. The molecule has 0 amide bonds. The van der Waals surface area contributed by atoms with Gasteiger partial charge in [-0.1, -0.05) is 36.4 Å². The van der Waals surface area contributed by atoms with Gasteiger partial charge in [0.1, 0.15) is 12.7 Å². The molecule has 0 bridgehead atoms. The Hall–Kier alpha value is -3.72. The molecular formula is C23H22O9. The molecule has 0 spiro atoms. The third-order valence-corrected chi connectivity index (χ3v) is 4.49. The number of ether oxygens (including phenoxy) is 5. The standard InChI is InChI=1S/C23H22O9/c1-14(24)29-20-19(32-22(27)17-11-7-4-8-12-17)18(31-23(20)30-15(2)25)13-28-21(26)16-9-5-3-6-10-16/h3-12,18-20,23H,13H2,1-2H3/t18-,19-,20-,23-/m0/s1. The molecule has 1 aliphatic rings. The molecule has 4 atom stereocenters. The van der Waals surface area contributed by atoms with Crippen molar-refractivity contribution in [2.75, 3.05) is 6.61 Å². The molecule has 9 nitrogen and oxygen atoms in total. The molecule has 1 fully saturated rings. The minimum atomic E-state index is -1.34. The first kappa shape index (κ1) is 23.0. The van der Waals surface area contributed by atoms with Crippen LogP contribution in [-0.2, 0) is 33.3 Å². The van der Waals surface area contributed by atoms with Crippen LogP contribution in [-0.4, -0.2) is 55.1 Å². The average Bonchev–Trinajstić information content (AvgIpc) is 3.08. The molecule has 2 aromatic carbocycles. The van der Waals surface area contributed by atoms with Gasteiger partial charge < -0.3 is 23.7 Å². The normalized spacial score (nSPS) is 21.9. The fraction of sp³-hybridized carbons (Fsp3) is 0.304. The van der Waals surface area contributed by atoms with Crippen LogP contribution in [0.25, 0.3) is 0 Å². The number of carbonyl (C=O) groups excluding carboxylic acids is 4. The molecule has 32 heavy (non-hydrogen) atoms. The second-order valence-corrected chi connectivity index (χ2v) is 6.93. The van der Waals surface area contributed by atoms with Crippen molar-refractivity contribution in [1.29, 1.82) is 0 Å². The molecule has 2 aromatic rings. The van der Waals surface area contributed by atoms with Crippen LogP contribution < -0.4 is 0 Å². The summed E-state index contributed by atoms with van der Waals surface area (Å²) in [5.41, 5.74) is 0.571. The van der Waals surface area contributed by atoms with Crippen molar-refractivity contribution in [2.45, 2.75) is 38.4 Å². The van der Waals surface area contributed by atoms with E-state index < -0.39 is 48.5 Å². The summed E-state index contributed by atoms with van der Waals surface area (Å²) in [6.45, 7) is 1.97. The smallest absolute Gasteiger partial charge is 0.338 e. The predicted octanol–water partition coefficient (Wildman–Crippen LogP) is 2.29. The van der Waals surface area contributed by atoms with E-state index in [1.807, 2.05) is 0 Å². The summed E-state index contributed by atoms with van der Waals surface area (Å²) in [5.74, 6) is -2.72. The van der Waals surface area contributed by atoms with Crippen LogP contribution in [0.4, 0.5) is 0 Å². The number of hydrogen-bond acceptors (Lipinski definition) is 9. The van der Waals surface area contributed by atoms with Crippen molar-refractivity contribution in [3.8, 4) is 0 Å². The number of esters is 4. The zero-order valence-electron chi connectivity index (χ0n) is 17.5. The van der Waals surface area contributed by atoms with E-state index in [1.54, 1.807) is 60.7 Å². The summed E-state index contributed by atoms with van der Waals surface area (Å²) < 4.78 is 26.8. The van der Waals surface area contributed by atoms with Crippen molar-refractivity contribution in [2.24, 2.45) is 0 Å². The van der Waals surface area contributed by atoms with Gasteiger partial charge >= 0.3 is 23.9 Å². The van der Waals surface area contributed by atoms with E-state index in [9.17, 15) is 19.2 Å². The molecular weight excluding hydrogens is 420 g/mol. The summed E-state index contributed by atoms with van der Waals surface area (Å²) in [6, 6.07) is 16.4. The summed E-state index contributed by atoms with van der Waals surface area (Å²) in [7, 11) is 0. The molecule has 0 N–H and O–H groups in total. The third kappa shape index (κ3) is 5.92. The number of carbonyl (C=O) groups is 4. The van der Waals surface area contributed by atoms with Crippen molar-refractivity contribution >= 4 is 23.9 Å². The van der Waals surface area contributed by atoms with Gasteiger partial charge in [0.05, 0.1) is 11.1 Å². The van der Waals surface area contributed by atoms with E-state index in [-0.39, 0.29) is 12.2 Å². The number of hydrogen-bond donors (Lipinski definition) is 0. The Labute approximate surface area is 184 Å². The van der Waals surface area contributed by atoms with Gasteiger partial charge in [0, 0.05) is 13.8 Å². The highest BCUT2D eigenvalue weighted by Gasteiger charge is 2.51. The molecule has 0 aliphatic carbocycles. The average molecular weight is 442 g/mol. The quantitative estimate of drug-likeness (QED) is 0.470. The third-order valence-electron chi connectivity index (χ3n) is 4.49. The Kier molecular flexibility index (Phi) is 7.56. The van der Waals surface area contributed by atoms with E-state index in [0.29, 0.717) is 5.56 Å². The van der Waals surface area contributed by atoms with Crippen LogP contribution in [0.5, 0.6) is 0 Å². The molecule has 0 radical (unpaired) electrons. The predicted molar refractivity (Wildman–Crippen MR) is 108 cm³/mol. The van der Waals surface area contributed by atoms with Gasteiger partial charge in [0.25, 0.3) is 0 Å². The molecule has 0 aromatic heterocycles. The lowest BCUT2D eigenvalue weighted by molar-refractivity contribution is -0.196. The first-order chi connectivity index (χ1) is 15.3. The maximum absolute atomic E-state index is 12.6. The van der Waals surface area contributed by atoms with Gasteiger partial charge in [0.15, 0.2) is 6.10 Å². The van der Waals surface area contributed by atoms with E-state index in [1.165, 1.54) is 0 Å². The summed E-state index contributed by atoms with van der Waals surface area (Å²) in [5, 5.41) is 0. The van der Waals surface area contributed by atoms with Crippen molar-refractivity contribution in [3.05, 3.63) is 71.8 Å². The lowest BCUT2D eigenvalue weighted by atomic mass is 10.1. The van der Waals surface area contributed by atoms with Crippen molar-refractivity contribution in [1.82, 2.24) is 0 Å². The Morgan fingerprint density at radius 3 is 1.78 bits per heavy atom. The second kappa shape index (κ2) is 10.5. The largest absolute Gasteiger partial charge is 0.459 e. The van der Waals surface area contributed by atoms with Gasteiger partial charge in [-0.25, -0.2) is 9.59 Å². The van der Waals surface area contributed by atoms with Crippen LogP contribution in [0.15, 0.2) is 60.7 Å². The summed E-state index contributed by atoms with van der Waals surface area (Å²) >= 11 is 0. The maximum Gasteiger partial charge on any atom is 0.338 e. The molecule has 1 saturated heterocycles. The van der Waals surface area contributed by atoms with Crippen molar-refractivity contribution < 1.29 is 42.9 Å². The minimum Gasteiger partial charge on any atom is -0.459 e. The van der Waals surface area contributed by atoms with E-state index in [4.69, 9.17) is 23.7 Å². The SMILES string of the molecule is CC(=O)O[C@H]1O[C@@H](COC(=O)c2ccccc2)[C@H](OC(=O)c2ccccc2)[C@@H]1OC(C)=O. The zero-order chi connectivity index (χ0) is 23.1. The van der Waals surface area contributed by atoms with Crippen LogP contribution >= 0.6 is 0 Å². The van der Waals surface area contributed by atoms with Gasteiger partial charge in [-0.15, -0.1) is 0 Å². The first-order valence-electron chi connectivity index (χ1n) is 9.83. The van der Waals surface area contributed by atoms with Gasteiger partial charge in [-0.05, 0) is 24.3 Å². The Bertz CT molecular complexity index is 958. The molecule has 9 heteroatoms. The molecule has 168 valence electrons. The summed E-state index contributed by atoms with van der Waals surface area (Å²) in [4.78, 5) is 48.1. The maximum atomic E-state index is 12.6. The summed E-state index contributed by atoms with van der Waals surface area (Å²) in [6.07, 6.45) is -4.83. The first-order valence-corrected chi connectivity index (χ1v) is 9.83. The Morgan fingerprint density at radius 2 is 1.25 bits per heavy atom.